The Morgan fingerprint density at radius 1 is 1.25 bits per heavy atom. The van der Waals surface area contributed by atoms with Crippen LogP contribution in [0, 0.1) is 17.8 Å². The average Bonchev–Trinajstić information content (AvgIpc) is 3.22. The summed E-state index contributed by atoms with van der Waals surface area (Å²) in [4.78, 5) is 0. The minimum Gasteiger partial charge on any atom is -0.456 e. The molecule has 0 amide bonds. The highest BCUT2D eigenvalue weighted by atomic mass is 16.3. The van der Waals surface area contributed by atoms with Crippen LogP contribution in [-0.2, 0) is 12.8 Å². The zero-order chi connectivity index (χ0) is 25.6. The maximum Gasteiger partial charge on any atom is 0.135 e. The third kappa shape index (κ3) is 4.23. The van der Waals surface area contributed by atoms with Crippen LogP contribution < -0.4 is 5.73 Å². The predicted molar refractivity (Wildman–Crippen MR) is 146 cm³/mol. The average molecular weight is 484 g/mol. The fourth-order valence-electron chi connectivity index (χ4n) is 6.31. The number of furan rings is 1. The van der Waals surface area contributed by atoms with Gasteiger partial charge in [0, 0.05) is 22.6 Å². The summed E-state index contributed by atoms with van der Waals surface area (Å²) in [5, 5.41) is 23.7. The highest BCUT2D eigenvalue weighted by molar-refractivity contribution is 5.85. The standard InChI is InChI=1S/C32H37NO3/c1-5-22-24-15-21(12-13-29(24)36-28(22)6-2)31(34)25-16-26-23(25)17-27(33)30(32(26)35)20-9-7-8-19(14-20)11-10-18(3)4/h6-9,12-15,17,23,25-26,30-32,34-35H,2-3,5,10-11,16,33H2,1,4H3/t23-,25?,26?,30?,31?,32?/m0/s1. The van der Waals surface area contributed by atoms with Crippen molar-refractivity contribution >= 4 is 17.0 Å². The van der Waals surface area contributed by atoms with Crippen LogP contribution in [0.4, 0.5) is 0 Å². The van der Waals surface area contributed by atoms with Crippen LogP contribution in [0.3, 0.4) is 0 Å². The minimum atomic E-state index is -0.624. The van der Waals surface area contributed by atoms with E-state index in [1.54, 1.807) is 6.08 Å². The number of aryl methyl sites for hydroxylation is 2. The topological polar surface area (TPSA) is 79.6 Å². The van der Waals surface area contributed by atoms with Crippen LogP contribution in [0.1, 0.15) is 66.7 Å². The van der Waals surface area contributed by atoms with Crippen LogP contribution in [-0.4, -0.2) is 16.3 Å². The van der Waals surface area contributed by atoms with E-state index in [1.165, 1.54) is 11.1 Å². The van der Waals surface area contributed by atoms with Crippen LogP contribution in [0.2, 0.25) is 0 Å². The molecule has 1 aromatic heterocycles. The van der Waals surface area contributed by atoms with Crippen molar-refractivity contribution in [2.24, 2.45) is 23.5 Å². The Labute approximate surface area is 213 Å². The summed E-state index contributed by atoms with van der Waals surface area (Å²) < 4.78 is 5.91. The third-order valence-corrected chi connectivity index (χ3v) is 8.34. The van der Waals surface area contributed by atoms with Crippen molar-refractivity contribution in [1.82, 2.24) is 0 Å². The lowest BCUT2D eigenvalue weighted by atomic mass is 9.55. The van der Waals surface area contributed by atoms with Gasteiger partial charge >= 0.3 is 0 Å². The van der Waals surface area contributed by atoms with Crippen molar-refractivity contribution in [3.8, 4) is 0 Å². The Morgan fingerprint density at radius 2 is 2.06 bits per heavy atom. The summed E-state index contributed by atoms with van der Waals surface area (Å²) in [6, 6.07) is 14.3. The van der Waals surface area contributed by atoms with Gasteiger partial charge in [0.2, 0.25) is 0 Å². The van der Waals surface area contributed by atoms with E-state index in [2.05, 4.69) is 50.4 Å². The first-order valence-corrected chi connectivity index (χ1v) is 13.1. The molecule has 0 aliphatic heterocycles. The largest absolute Gasteiger partial charge is 0.456 e. The molecule has 0 bridgehead atoms. The van der Waals surface area contributed by atoms with Gasteiger partial charge in [-0.05, 0) is 85.3 Å². The molecule has 0 saturated heterocycles. The lowest BCUT2D eigenvalue weighted by molar-refractivity contribution is -0.0797. The summed E-state index contributed by atoms with van der Waals surface area (Å²) in [5.41, 5.74) is 13.6. The van der Waals surface area contributed by atoms with Crippen molar-refractivity contribution in [3.05, 3.63) is 101 Å². The van der Waals surface area contributed by atoms with Crippen molar-refractivity contribution in [3.63, 3.8) is 0 Å². The molecule has 2 aromatic carbocycles. The number of fused-ring (bicyclic) bond motifs is 2. The molecule has 36 heavy (non-hydrogen) atoms. The first kappa shape index (κ1) is 24.6. The van der Waals surface area contributed by atoms with E-state index >= 15 is 0 Å². The Balaban J connectivity index is 1.37. The zero-order valence-corrected chi connectivity index (χ0v) is 21.3. The van der Waals surface area contributed by atoms with E-state index in [9.17, 15) is 10.2 Å². The molecule has 4 nitrogen and oxygen atoms in total. The molecule has 2 aliphatic rings. The van der Waals surface area contributed by atoms with Crippen LogP contribution in [0.15, 0.2) is 77.4 Å². The summed E-state index contributed by atoms with van der Waals surface area (Å²) in [6.07, 6.45) is 6.15. The number of aliphatic hydroxyl groups excluding tert-OH is 2. The number of hydrogen-bond acceptors (Lipinski definition) is 4. The molecule has 0 spiro atoms. The molecule has 1 fully saturated rings. The van der Waals surface area contributed by atoms with Gasteiger partial charge in [-0.15, -0.1) is 6.58 Å². The van der Waals surface area contributed by atoms with E-state index in [1.807, 2.05) is 25.1 Å². The molecule has 4 heteroatoms. The van der Waals surface area contributed by atoms with Gasteiger partial charge in [-0.1, -0.05) is 55.5 Å². The fraction of sp³-hybridized carbons (Fsp3) is 0.375. The van der Waals surface area contributed by atoms with E-state index in [-0.39, 0.29) is 23.7 Å². The second-order valence-corrected chi connectivity index (χ2v) is 10.7. The Morgan fingerprint density at radius 3 is 2.78 bits per heavy atom. The van der Waals surface area contributed by atoms with Crippen LogP contribution >= 0.6 is 0 Å². The first-order valence-electron chi connectivity index (χ1n) is 13.1. The number of hydrogen-bond donors (Lipinski definition) is 3. The number of nitrogens with two attached hydrogens (primary N) is 1. The zero-order valence-electron chi connectivity index (χ0n) is 21.3. The maximum absolute atomic E-state index is 11.4. The fourth-order valence-corrected chi connectivity index (χ4v) is 6.31. The second kappa shape index (κ2) is 9.76. The lowest BCUT2D eigenvalue weighted by Crippen LogP contribution is -2.51. The van der Waals surface area contributed by atoms with E-state index in [4.69, 9.17) is 10.2 Å². The van der Waals surface area contributed by atoms with Gasteiger partial charge in [0.15, 0.2) is 0 Å². The highest BCUT2D eigenvalue weighted by Gasteiger charge is 2.52. The molecule has 188 valence electrons. The second-order valence-electron chi connectivity index (χ2n) is 10.7. The summed E-state index contributed by atoms with van der Waals surface area (Å²) in [6.45, 7) is 12.0. The quantitative estimate of drug-likeness (QED) is 0.322. The van der Waals surface area contributed by atoms with E-state index < -0.39 is 12.2 Å². The SMILES string of the molecule is C=Cc1oc2ccc(C(O)C3CC4C(O)C(c5cccc(CCC(=C)C)c5)C(N)=C[C@@H]34)cc2c1CC. The molecular formula is C32H37NO3. The molecule has 3 aromatic rings. The molecule has 0 radical (unpaired) electrons. The van der Waals surface area contributed by atoms with Gasteiger partial charge < -0.3 is 20.4 Å². The van der Waals surface area contributed by atoms with Crippen molar-refractivity contribution in [2.75, 3.05) is 0 Å². The molecule has 1 heterocycles. The van der Waals surface area contributed by atoms with Crippen LogP contribution in [0.5, 0.6) is 0 Å². The third-order valence-electron chi connectivity index (χ3n) is 8.34. The van der Waals surface area contributed by atoms with Gasteiger partial charge in [0.1, 0.15) is 11.3 Å². The van der Waals surface area contributed by atoms with Gasteiger partial charge in [0.05, 0.1) is 12.2 Å². The Kier molecular flexibility index (Phi) is 6.67. The molecular weight excluding hydrogens is 446 g/mol. The summed E-state index contributed by atoms with van der Waals surface area (Å²) in [5.74, 6) is 0.772. The van der Waals surface area contributed by atoms with Gasteiger partial charge in [-0.3, -0.25) is 0 Å². The first-order chi connectivity index (χ1) is 17.3. The lowest BCUT2D eigenvalue weighted by Gasteiger charge is -2.52. The predicted octanol–water partition coefficient (Wildman–Crippen LogP) is 6.43. The Hall–Kier alpha value is -3.08. The highest BCUT2D eigenvalue weighted by Crippen LogP contribution is 2.55. The molecule has 2 aliphatic carbocycles. The molecule has 1 saturated carbocycles. The molecule has 5 rings (SSSR count). The summed E-state index contributed by atoms with van der Waals surface area (Å²) >= 11 is 0. The maximum atomic E-state index is 11.4. The molecule has 4 N–H and O–H groups in total. The van der Waals surface area contributed by atoms with E-state index in [0.717, 1.165) is 59.1 Å². The van der Waals surface area contributed by atoms with Crippen molar-refractivity contribution < 1.29 is 14.6 Å². The van der Waals surface area contributed by atoms with E-state index in [0.29, 0.717) is 5.70 Å². The number of allylic oxidation sites excluding steroid dienone is 2. The number of rotatable bonds is 8. The van der Waals surface area contributed by atoms with Crippen LogP contribution in [0.25, 0.3) is 17.0 Å². The molecule has 5 unspecified atom stereocenters. The number of aliphatic hydroxyl groups is 2. The summed E-state index contributed by atoms with van der Waals surface area (Å²) in [7, 11) is 0. The smallest absolute Gasteiger partial charge is 0.135 e. The van der Waals surface area contributed by atoms with Gasteiger partial charge in [0.25, 0.3) is 0 Å². The Bertz CT molecular complexity index is 1330. The minimum absolute atomic E-state index is 0.0272. The van der Waals surface area contributed by atoms with Crippen molar-refractivity contribution in [2.45, 2.75) is 57.7 Å². The van der Waals surface area contributed by atoms with Gasteiger partial charge in [-0.25, -0.2) is 0 Å². The monoisotopic (exact) mass is 483 g/mol. The molecule has 6 atom stereocenters. The van der Waals surface area contributed by atoms with Gasteiger partial charge in [-0.2, -0.15) is 0 Å². The van der Waals surface area contributed by atoms with Crippen molar-refractivity contribution in [1.29, 1.82) is 0 Å². The normalized spacial score (nSPS) is 26.1. The number of benzene rings is 2.